The molecule has 23 heavy (non-hydrogen) atoms. The number of hydrogen-bond donors (Lipinski definition) is 0. The molecule has 1 aromatic heterocycles. The van der Waals surface area contributed by atoms with Crippen LogP contribution in [0.3, 0.4) is 0 Å². The van der Waals surface area contributed by atoms with Crippen molar-refractivity contribution in [3.05, 3.63) is 53.9 Å². The molecule has 1 saturated carbocycles. The fraction of sp³-hybridized carbons (Fsp3) is 0.389. The van der Waals surface area contributed by atoms with E-state index in [1.54, 1.807) is 0 Å². The molecular formula is C18H21N3OS. The lowest BCUT2D eigenvalue weighted by Gasteiger charge is -2.11. The Bertz CT molecular complexity index is 716. The second-order valence-corrected chi connectivity index (χ2v) is 7.31. The highest BCUT2D eigenvalue weighted by Gasteiger charge is 2.31. The van der Waals surface area contributed by atoms with Gasteiger partial charge in [-0.1, -0.05) is 47.7 Å². The van der Waals surface area contributed by atoms with Crippen LogP contribution in [0.2, 0.25) is 0 Å². The molecule has 0 N–H and O–H groups in total. The molecule has 0 spiro atoms. The molecule has 0 bridgehead atoms. The smallest absolute Gasteiger partial charge is 0.192 e. The zero-order valence-corrected chi connectivity index (χ0v) is 14.3. The number of Topliss-reactive ketones (excluding diaryl/α,β-unsaturated/α-hetero) is 1. The number of benzene rings is 1. The fourth-order valence-corrected chi connectivity index (χ4v) is 3.44. The zero-order chi connectivity index (χ0) is 16.4. The van der Waals surface area contributed by atoms with Crippen LogP contribution in [-0.4, -0.2) is 25.8 Å². The van der Waals surface area contributed by atoms with E-state index in [2.05, 4.69) is 21.3 Å². The van der Waals surface area contributed by atoms with E-state index in [-0.39, 0.29) is 11.0 Å². The highest BCUT2D eigenvalue weighted by atomic mass is 32.2. The Hall–Kier alpha value is -1.88. The van der Waals surface area contributed by atoms with Gasteiger partial charge >= 0.3 is 0 Å². The molecule has 1 aliphatic rings. The van der Waals surface area contributed by atoms with Crippen LogP contribution in [0.15, 0.2) is 42.1 Å². The van der Waals surface area contributed by atoms with Gasteiger partial charge in [-0.2, -0.15) is 0 Å². The average molecular weight is 327 g/mol. The summed E-state index contributed by atoms with van der Waals surface area (Å²) in [5, 5.41) is 9.24. The average Bonchev–Trinajstić information content (AvgIpc) is 3.32. The zero-order valence-electron chi connectivity index (χ0n) is 13.5. The van der Waals surface area contributed by atoms with Crippen molar-refractivity contribution >= 4 is 17.5 Å². The van der Waals surface area contributed by atoms with E-state index in [1.165, 1.54) is 24.6 Å². The molecule has 0 saturated heterocycles. The van der Waals surface area contributed by atoms with Crippen LogP contribution >= 0.6 is 11.8 Å². The molecule has 0 radical (unpaired) electrons. The van der Waals surface area contributed by atoms with Gasteiger partial charge < -0.3 is 4.57 Å². The molecule has 5 heteroatoms. The Kier molecular flexibility index (Phi) is 4.66. The fourth-order valence-electron chi connectivity index (χ4n) is 2.50. The maximum atomic E-state index is 12.6. The van der Waals surface area contributed by atoms with Crippen LogP contribution in [0.5, 0.6) is 0 Å². The Balaban J connectivity index is 1.76. The van der Waals surface area contributed by atoms with Crippen LogP contribution in [0.25, 0.3) is 0 Å². The van der Waals surface area contributed by atoms with Gasteiger partial charge in [0.1, 0.15) is 5.82 Å². The molecule has 1 heterocycles. The van der Waals surface area contributed by atoms with Crippen molar-refractivity contribution in [1.82, 2.24) is 14.8 Å². The van der Waals surface area contributed by atoms with Gasteiger partial charge in [0.25, 0.3) is 0 Å². The number of thioether (sulfide) groups is 1. The van der Waals surface area contributed by atoms with Crippen molar-refractivity contribution < 1.29 is 4.79 Å². The predicted octanol–water partition coefficient (Wildman–Crippen LogP) is 4.01. The van der Waals surface area contributed by atoms with Gasteiger partial charge in [-0.15, -0.1) is 16.8 Å². The summed E-state index contributed by atoms with van der Waals surface area (Å²) in [6, 6.07) is 7.71. The minimum Gasteiger partial charge on any atom is -0.302 e. The van der Waals surface area contributed by atoms with Crippen molar-refractivity contribution in [2.45, 2.75) is 49.6 Å². The van der Waals surface area contributed by atoms with E-state index in [1.807, 2.05) is 44.2 Å². The van der Waals surface area contributed by atoms with Crippen molar-refractivity contribution in [3.63, 3.8) is 0 Å². The molecule has 0 amide bonds. The number of rotatable bonds is 7. The van der Waals surface area contributed by atoms with E-state index in [0.29, 0.717) is 12.5 Å². The van der Waals surface area contributed by atoms with Crippen molar-refractivity contribution in [2.75, 3.05) is 0 Å². The normalized spacial score (nSPS) is 15.4. The first-order chi connectivity index (χ1) is 11.1. The van der Waals surface area contributed by atoms with Crippen molar-refractivity contribution in [2.24, 2.45) is 0 Å². The monoisotopic (exact) mass is 327 g/mol. The second-order valence-electron chi connectivity index (χ2n) is 6.00. The third kappa shape index (κ3) is 3.55. The van der Waals surface area contributed by atoms with Gasteiger partial charge in [0, 0.05) is 18.0 Å². The Morgan fingerprint density at radius 2 is 2.09 bits per heavy atom. The van der Waals surface area contributed by atoms with Crippen molar-refractivity contribution in [1.29, 1.82) is 0 Å². The lowest BCUT2D eigenvalue weighted by molar-refractivity contribution is 0.0994. The molecule has 1 fully saturated rings. The Morgan fingerprint density at radius 1 is 1.39 bits per heavy atom. The number of allylic oxidation sites excluding steroid dienone is 1. The maximum absolute atomic E-state index is 12.6. The lowest BCUT2D eigenvalue weighted by Crippen LogP contribution is -2.15. The molecule has 2 aromatic rings. The minimum absolute atomic E-state index is 0.121. The van der Waals surface area contributed by atoms with Crippen LogP contribution < -0.4 is 0 Å². The third-order valence-corrected chi connectivity index (χ3v) is 5.07. The number of nitrogens with zero attached hydrogens (tertiary/aromatic N) is 3. The highest BCUT2D eigenvalue weighted by molar-refractivity contribution is 8.00. The van der Waals surface area contributed by atoms with Crippen LogP contribution in [0.1, 0.15) is 47.4 Å². The first-order valence-corrected chi connectivity index (χ1v) is 8.79. The molecule has 3 rings (SSSR count). The van der Waals surface area contributed by atoms with Gasteiger partial charge in [-0.3, -0.25) is 4.79 Å². The van der Waals surface area contributed by atoms with E-state index in [9.17, 15) is 4.79 Å². The molecule has 1 unspecified atom stereocenters. The molecule has 120 valence electrons. The predicted molar refractivity (Wildman–Crippen MR) is 93.0 cm³/mol. The van der Waals surface area contributed by atoms with Crippen LogP contribution in [0.4, 0.5) is 0 Å². The SMILES string of the molecule is C=CCn1c(SC(C)C(=O)c2ccc(C)cc2)nnc1C1CC1. The van der Waals surface area contributed by atoms with Crippen molar-refractivity contribution in [3.8, 4) is 0 Å². The maximum Gasteiger partial charge on any atom is 0.192 e. The molecule has 4 nitrogen and oxygen atoms in total. The van der Waals surface area contributed by atoms with Gasteiger partial charge in [0.15, 0.2) is 10.9 Å². The molecular weight excluding hydrogens is 306 g/mol. The van der Waals surface area contributed by atoms with Gasteiger partial charge in [0.05, 0.1) is 5.25 Å². The summed E-state index contributed by atoms with van der Waals surface area (Å²) >= 11 is 1.48. The highest BCUT2D eigenvalue weighted by Crippen LogP contribution is 2.40. The molecule has 1 atom stereocenters. The largest absolute Gasteiger partial charge is 0.302 e. The number of ketones is 1. The van der Waals surface area contributed by atoms with Crippen LogP contribution in [-0.2, 0) is 6.54 Å². The number of hydrogen-bond acceptors (Lipinski definition) is 4. The summed E-state index contributed by atoms with van der Waals surface area (Å²) in [4.78, 5) is 12.6. The Morgan fingerprint density at radius 3 is 2.70 bits per heavy atom. The number of aryl methyl sites for hydroxylation is 1. The summed E-state index contributed by atoms with van der Waals surface area (Å²) < 4.78 is 2.09. The van der Waals surface area contributed by atoms with Gasteiger partial charge in [-0.25, -0.2) is 0 Å². The van der Waals surface area contributed by atoms with Crippen LogP contribution in [0, 0.1) is 6.92 Å². The first-order valence-electron chi connectivity index (χ1n) is 7.91. The quantitative estimate of drug-likeness (QED) is 0.438. The molecule has 1 aromatic carbocycles. The summed E-state index contributed by atoms with van der Waals surface area (Å²) in [5.74, 6) is 1.68. The Labute approximate surface area is 141 Å². The molecule has 1 aliphatic carbocycles. The van der Waals surface area contributed by atoms with E-state index >= 15 is 0 Å². The number of carbonyl (C=O) groups excluding carboxylic acids is 1. The topological polar surface area (TPSA) is 47.8 Å². The lowest BCUT2D eigenvalue weighted by atomic mass is 10.1. The molecule has 0 aliphatic heterocycles. The summed E-state index contributed by atoms with van der Waals surface area (Å²) in [6.07, 6.45) is 4.21. The third-order valence-electron chi connectivity index (χ3n) is 3.99. The second kappa shape index (κ2) is 6.71. The number of carbonyl (C=O) groups is 1. The summed E-state index contributed by atoms with van der Waals surface area (Å²) in [7, 11) is 0. The van der Waals surface area contributed by atoms with E-state index < -0.39 is 0 Å². The first kappa shape index (κ1) is 16.0. The minimum atomic E-state index is -0.197. The van der Waals surface area contributed by atoms with Gasteiger partial charge in [0.2, 0.25) is 0 Å². The summed E-state index contributed by atoms with van der Waals surface area (Å²) in [5.41, 5.74) is 1.90. The van der Waals surface area contributed by atoms with E-state index in [0.717, 1.165) is 22.1 Å². The van der Waals surface area contributed by atoms with E-state index in [4.69, 9.17) is 0 Å². The van der Waals surface area contributed by atoms with Gasteiger partial charge in [-0.05, 0) is 26.7 Å². The number of aromatic nitrogens is 3. The summed E-state index contributed by atoms with van der Waals surface area (Å²) in [6.45, 7) is 8.45. The standard InChI is InChI=1S/C18H21N3OS/c1-4-11-21-17(15-9-10-15)19-20-18(21)23-13(3)16(22)14-7-5-12(2)6-8-14/h4-8,13,15H,1,9-11H2,2-3H3.